The van der Waals surface area contributed by atoms with Crippen molar-refractivity contribution in [1.82, 2.24) is 10.2 Å². The molecule has 0 fully saturated rings. The summed E-state index contributed by atoms with van der Waals surface area (Å²) in [6.45, 7) is 6.94. The molecule has 0 spiro atoms. The van der Waals surface area contributed by atoms with Gasteiger partial charge in [-0.3, -0.25) is 4.79 Å². The van der Waals surface area contributed by atoms with E-state index in [9.17, 15) is 4.79 Å². The van der Waals surface area contributed by atoms with Crippen molar-refractivity contribution in [2.75, 3.05) is 13.6 Å². The number of nitrogens with zero attached hydrogens (tertiary/aromatic N) is 1. The second-order valence-corrected chi connectivity index (χ2v) is 5.19. The van der Waals surface area contributed by atoms with Gasteiger partial charge in [0.25, 0.3) is 0 Å². The molecule has 0 aliphatic rings. The Morgan fingerprint density at radius 2 is 2.00 bits per heavy atom. The Morgan fingerprint density at radius 3 is 2.50 bits per heavy atom. The van der Waals surface area contributed by atoms with Crippen molar-refractivity contribution in [3.05, 3.63) is 34.9 Å². The van der Waals surface area contributed by atoms with E-state index in [1.54, 1.807) is 11.9 Å². The topological polar surface area (TPSA) is 32.3 Å². The molecular formula is C14H21ClN2O. The van der Waals surface area contributed by atoms with E-state index in [0.717, 1.165) is 5.56 Å². The number of likely N-dealkylation sites (N-methyl/N-ethyl adjacent to an activating group) is 2. The molecule has 1 aromatic carbocycles. The van der Waals surface area contributed by atoms with E-state index in [4.69, 9.17) is 11.6 Å². The molecular weight excluding hydrogens is 248 g/mol. The van der Waals surface area contributed by atoms with E-state index in [2.05, 4.69) is 5.32 Å². The highest BCUT2D eigenvalue weighted by atomic mass is 35.5. The van der Waals surface area contributed by atoms with E-state index in [0.29, 0.717) is 18.1 Å². The maximum Gasteiger partial charge on any atom is 0.242 e. The normalized spacial score (nSPS) is 11.4. The number of benzene rings is 1. The van der Waals surface area contributed by atoms with Gasteiger partial charge in [0.1, 0.15) is 0 Å². The van der Waals surface area contributed by atoms with Crippen LogP contribution in [0.25, 0.3) is 0 Å². The zero-order valence-corrected chi connectivity index (χ0v) is 12.2. The summed E-state index contributed by atoms with van der Waals surface area (Å²) < 4.78 is 0. The monoisotopic (exact) mass is 268 g/mol. The Hall–Kier alpha value is -1.06. The lowest BCUT2D eigenvalue weighted by atomic mass is 10.0. The standard InChI is InChI=1S/C14H21ClN2O/c1-5-17(13(18)14(2,3)16-4)10-11-8-6-7-9-12(11)15/h6-9,16H,5,10H2,1-4H3. The van der Waals surface area contributed by atoms with E-state index >= 15 is 0 Å². The lowest BCUT2D eigenvalue weighted by molar-refractivity contribution is -0.137. The van der Waals surface area contributed by atoms with Gasteiger partial charge in [-0.25, -0.2) is 0 Å². The average molecular weight is 269 g/mol. The van der Waals surface area contributed by atoms with Gasteiger partial charge in [0, 0.05) is 18.1 Å². The fourth-order valence-corrected chi connectivity index (χ4v) is 1.86. The van der Waals surface area contributed by atoms with Crippen LogP contribution in [-0.4, -0.2) is 29.9 Å². The molecule has 0 heterocycles. The molecule has 18 heavy (non-hydrogen) atoms. The fraction of sp³-hybridized carbons (Fsp3) is 0.500. The Kier molecular flexibility index (Phi) is 5.17. The van der Waals surface area contributed by atoms with Crippen LogP contribution in [0, 0.1) is 0 Å². The minimum absolute atomic E-state index is 0.0763. The average Bonchev–Trinajstić information content (AvgIpc) is 2.37. The highest BCUT2D eigenvalue weighted by molar-refractivity contribution is 6.31. The molecule has 0 aliphatic heterocycles. The zero-order valence-electron chi connectivity index (χ0n) is 11.5. The lowest BCUT2D eigenvalue weighted by Crippen LogP contribution is -2.52. The van der Waals surface area contributed by atoms with E-state index in [1.807, 2.05) is 45.0 Å². The summed E-state index contributed by atoms with van der Waals surface area (Å²) in [7, 11) is 1.79. The molecule has 0 aromatic heterocycles. The number of amides is 1. The molecule has 1 N–H and O–H groups in total. The van der Waals surface area contributed by atoms with Crippen LogP contribution in [0.5, 0.6) is 0 Å². The SMILES string of the molecule is CCN(Cc1ccccc1Cl)C(=O)C(C)(C)NC. The van der Waals surface area contributed by atoms with Gasteiger partial charge in [0.2, 0.25) is 5.91 Å². The molecule has 0 saturated heterocycles. The van der Waals surface area contributed by atoms with Crippen molar-refractivity contribution in [3.63, 3.8) is 0 Å². The summed E-state index contributed by atoms with van der Waals surface area (Å²) in [5, 5.41) is 3.73. The molecule has 3 nitrogen and oxygen atoms in total. The number of hydrogen-bond donors (Lipinski definition) is 1. The molecule has 0 unspecified atom stereocenters. The molecule has 0 saturated carbocycles. The highest BCUT2D eigenvalue weighted by Crippen LogP contribution is 2.18. The van der Waals surface area contributed by atoms with Gasteiger partial charge < -0.3 is 10.2 Å². The van der Waals surface area contributed by atoms with Gasteiger partial charge >= 0.3 is 0 Å². The van der Waals surface area contributed by atoms with Gasteiger partial charge in [-0.05, 0) is 39.4 Å². The third kappa shape index (κ3) is 3.47. The van der Waals surface area contributed by atoms with E-state index in [-0.39, 0.29) is 5.91 Å². The van der Waals surface area contributed by atoms with Crippen molar-refractivity contribution in [2.45, 2.75) is 32.9 Å². The molecule has 0 atom stereocenters. The Morgan fingerprint density at radius 1 is 1.39 bits per heavy atom. The molecule has 1 rings (SSSR count). The van der Waals surface area contributed by atoms with Gasteiger partial charge in [0.05, 0.1) is 5.54 Å². The maximum atomic E-state index is 12.4. The third-order valence-electron chi connectivity index (χ3n) is 3.15. The number of rotatable bonds is 5. The van der Waals surface area contributed by atoms with E-state index in [1.165, 1.54) is 0 Å². The van der Waals surface area contributed by atoms with Crippen molar-refractivity contribution >= 4 is 17.5 Å². The third-order valence-corrected chi connectivity index (χ3v) is 3.52. The first-order valence-electron chi connectivity index (χ1n) is 6.14. The number of hydrogen-bond acceptors (Lipinski definition) is 2. The van der Waals surface area contributed by atoms with Crippen molar-refractivity contribution < 1.29 is 4.79 Å². The predicted molar refractivity (Wildman–Crippen MR) is 75.7 cm³/mol. The molecule has 0 radical (unpaired) electrons. The molecule has 1 aromatic rings. The number of carbonyl (C=O) groups excluding carboxylic acids is 1. The largest absolute Gasteiger partial charge is 0.337 e. The second-order valence-electron chi connectivity index (χ2n) is 4.79. The Balaban J connectivity index is 2.86. The minimum Gasteiger partial charge on any atom is -0.337 e. The quantitative estimate of drug-likeness (QED) is 0.891. The first-order chi connectivity index (χ1) is 8.42. The Bertz CT molecular complexity index is 418. The van der Waals surface area contributed by atoms with Crippen LogP contribution in [0.4, 0.5) is 0 Å². The summed E-state index contributed by atoms with van der Waals surface area (Å²) in [4.78, 5) is 14.2. The van der Waals surface area contributed by atoms with Gasteiger partial charge in [-0.15, -0.1) is 0 Å². The maximum absolute atomic E-state index is 12.4. The van der Waals surface area contributed by atoms with Crippen LogP contribution >= 0.6 is 11.6 Å². The van der Waals surface area contributed by atoms with Gasteiger partial charge in [-0.2, -0.15) is 0 Å². The van der Waals surface area contributed by atoms with Crippen LogP contribution < -0.4 is 5.32 Å². The van der Waals surface area contributed by atoms with Crippen LogP contribution in [0.2, 0.25) is 5.02 Å². The zero-order chi connectivity index (χ0) is 13.8. The number of halogens is 1. The van der Waals surface area contributed by atoms with Gasteiger partial charge in [-0.1, -0.05) is 29.8 Å². The van der Waals surface area contributed by atoms with Gasteiger partial charge in [0.15, 0.2) is 0 Å². The molecule has 0 aliphatic carbocycles. The van der Waals surface area contributed by atoms with E-state index < -0.39 is 5.54 Å². The molecule has 1 amide bonds. The molecule has 4 heteroatoms. The predicted octanol–water partition coefficient (Wildman–Crippen LogP) is 2.69. The summed E-state index contributed by atoms with van der Waals surface area (Å²) >= 11 is 6.12. The van der Waals surface area contributed by atoms with Crippen LogP contribution in [0.3, 0.4) is 0 Å². The number of nitrogens with one attached hydrogen (secondary N) is 1. The minimum atomic E-state index is -0.558. The van der Waals surface area contributed by atoms with Crippen molar-refractivity contribution in [1.29, 1.82) is 0 Å². The smallest absolute Gasteiger partial charge is 0.242 e. The van der Waals surface area contributed by atoms with Crippen molar-refractivity contribution in [2.24, 2.45) is 0 Å². The Labute approximate surface area is 114 Å². The highest BCUT2D eigenvalue weighted by Gasteiger charge is 2.29. The number of carbonyl (C=O) groups is 1. The fourth-order valence-electron chi connectivity index (χ4n) is 1.66. The first kappa shape index (κ1) is 15.0. The second kappa shape index (κ2) is 6.21. The molecule has 100 valence electrons. The van der Waals surface area contributed by atoms with Crippen LogP contribution in [0.1, 0.15) is 26.3 Å². The summed E-state index contributed by atoms with van der Waals surface area (Å²) in [6.07, 6.45) is 0. The molecule has 0 bridgehead atoms. The summed E-state index contributed by atoms with van der Waals surface area (Å²) in [5.41, 5.74) is 0.415. The first-order valence-corrected chi connectivity index (χ1v) is 6.52. The summed E-state index contributed by atoms with van der Waals surface area (Å²) in [5.74, 6) is 0.0763. The van der Waals surface area contributed by atoms with Crippen LogP contribution in [-0.2, 0) is 11.3 Å². The van der Waals surface area contributed by atoms with Crippen LogP contribution in [0.15, 0.2) is 24.3 Å². The lowest BCUT2D eigenvalue weighted by Gasteiger charge is -2.31. The summed E-state index contributed by atoms with van der Waals surface area (Å²) in [6, 6.07) is 7.62. The van der Waals surface area contributed by atoms with Crippen molar-refractivity contribution in [3.8, 4) is 0 Å².